The normalized spacial score (nSPS) is 17.9. The van der Waals surface area contributed by atoms with E-state index in [4.69, 9.17) is 14.2 Å². The largest absolute Gasteiger partial charge is 0.462 e. The Kier molecular flexibility index (Phi) is 9.95. The number of ether oxygens (including phenoxy) is 3. The molecule has 0 radical (unpaired) electrons. The lowest BCUT2D eigenvalue weighted by molar-refractivity contribution is -0.152. The van der Waals surface area contributed by atoms with Crippen LogP contribution in [0.5, 0.6) is 11.5 Å². The molecule has 36 heavy (non-hydrogen) atoms. The topological polar surface area (TPSA) is 48.0 Å². The highest BCUT2D eigenvalue weighted by atomic mass is 35.5. The Morgan fingerprint density at radius 2 is 1.94 bits per heavy atom. The van der Waals surface area contributed by atoms with Gasteiger partial charge < -0.3 is 19.1 Å². The molecule has 0 N–H and O–H groups in total. The second-order valence-electron chi connectivity index (χ2n) is 9.89. The molecule has 0 amide bonds. The minimum Gasteiger partial charge on any atom is -0.462 e. The quantitative estimate of drug-likeness (QED) is 0.362. The zero-order chi connectivity index (χ0) is 25.0. The average molecular weight is 538 g/mol. The van der Waals surface area contributed by atoms with E-state index < -0.39 is 4.75 Å². The molecule has 8 heteroatoms. The van der Waals surface area contributed by atoms with Gasteiger partial charge in [-0.05, 0) is 113 Å². The van der Waals surface area contributed by atoms with E-state index in [2.05, 4.69) is 18.0 Å². The van der Waals surface area contributed by atoms with Gasteiger partial charge in [0.15, 0.2) is 11.5 Å². The molecule has 0 spiro atoms. The summed E-state index contributed by atoms with van der Waals surface area (Å²) in [5, 5.41) is 0. The number of halogens is 2. The van der Waals surface area contributed by atoms with E-state index >= 15 is 0 Å². The van der Waals surface area contributed by atoms with Gasteiger partial charge in [0.05, 0.1) is 6.10 Å². The molecule has 0 saturated heterocycles. The number of hydrogen-bond donors (Lipinski definition) is 0. The third kappa shape index (κ3) is 6.48. The molecule has 1 aliphatic carbocycles. The van der Waals surface area contributed by atoms with Gasteiger partial charge in [-0.15, -0.1) is 24.2 Å². The number of hydrogen-bond acceptors (Lipinski definition) is 6. The molecule has 0 bridgehead atoms. The van der Waals surface area contributed by atoms with Crippen LogP contribution < -0.4 is 9.47 Å². The fourth-order valence-electron chi connectivity index (χ4n) is 5.15. The zero-order valence-electron chi connectivity index (χ0n) is 21.6. The van der Waals surface area contributed by atoms with Gasteiger partial charge in [-0.1, -0.05) is 12.1 Å². The van der Waals surface area contributed by atoms with Gasteiger partial charge in [0.2, 0.25) is 6.79 Å². The number of likely N-dealkylation sites (N-methyl/N-ethyl adjacent to an activating group) is 1. The van der Waals surface area contributed by atoms with Crippen LogP contribution in [0, 0.1) is 11.7 Å². The van der Waals surface area contributed by atoms with Gasteiger partial charge in [-0.25, -0.2) is 4.39 Å². The van der Waals surface area contributed by atoms with E-state index in [-0.39, 0.29) is 43.0 Å². The average Bonchev–Trinajstić information content (AvgIpc) is 3.31. The third-order valence-corrected chi connectivity index (χ3v) is 8.63. The van der Waals surface area contributed by atoms with E-state index in [1.54, 1.807) is 17.8 Å². The first kappa shape index (κ1) is 28.6. The number of fused-ring (bicyclic) bond motifs is 2. The number of aryl methyl sites for hydroxylation is 1. The van der Waals surface area contributed by atoms with Crippen molar-refractivity contribution in [2.75, 3.05) is 33.2 Å². The molecule has 0 fully saturated rings. The maximum Gasteiger partial charge on any atom is 0.322 e. The number of thioether (sulfide) groups is 1. The van der Waals surface area contributed by atoms with Gasteiger partial charge in [0.25, 0.3) is 0 Å². The number of carbonyl (C=O) groups is 1. The summed E-state index contributed by atoms with van der Waals surface area (Å²) in [4.78, 5) is 15.8. The van der Waals surface area contributed by atoms with Crippen molar-refractivity contribution in [3.63, 3.8) is 0 Å². The van der Waals surface area contributed by atoms with Crippen molar-refractivity contribution in [2.24, 2.45) is 5.92 Å². The lowest BCUT2D eigenvalue weighted by Gasteiger charge is -2.41. The zero-order valence-corrected chi connectivity index (χ0v) is 23.2. The van der Waals surface area contributed by atoms with Crippen molar-refractivity contribution < 1.29 is 23.4 Å². The minimum absolute atomic E-state index is 0. The van der Waals surface area contributed by atoms with Crippen LogP contribution >= 0.6 is 24.2 Å². The molecule has 2 aromatic rings. The van der Waals surface area contributed by atoms with Crippen LogP contribution in [0.1, 0.15) is 43.4 Å². The lowest BCUT2D eigenvalue weighted by Crippen LogP contribution is -2.48. The van der Waals surface area contributed by atoms with E-state index in [9.17, 15) is 9.18 Å². The molecular weight excluding hydrogens is 501 g/mol. The molecule has 0 saturated carbocycles. The summed E-state index contributed by atoms with van der Waals surface area (Å²) in [6, 6.07) is 11.1. The SMILES string of the molecule is CS[C@@](CCN(C)CCc1ccc2c(c1)OCO2)(C(=O)OC(C)C)C1CCc2cc(F)ccc2C1.Cl. The number of rotatable bonds is 10. The molecule has 2 atom stereocenters. The molecule has 2 aromatic carbocycles. The summed E-state index contributed by atoms with van der Waals surface area (Å²) in [5.74, 6) is 1.43. The third-order valence-electron chi connectivity index (χ3n) is 7.19. The lowest BCUT2D eigenvalue weighted by atomic mass is 9.75. The fourth-order valence-corrected chi connectivity index (χ4v) is 6.19. The Bertz CT molecular complexity index is 1050. The monoisotopic (exact) mass is 537 g/mol. The van der Waals surface area contributed by atoms with E-state index in [1.165, 1.54) is 11.6 Å². The highest BCUT2D eigenvalue weighted by molar-refractivity contribution is 8.00. The van der Waals surface area contributed by atoms with E-state index in [0.717, 1.165) is 61.4 Å². The van der Waals surface area contributed by atoms with Crippen molar-refractivity contribution in [2.45, 2.75) is 56.8 Å². The van der Waals surface area contributed by atoms with Crippen LogP contribution in [0.25, 0.3) is 0 Å². The first-order valence-corrected chi connectivity index (χ1v) is 13.6. The van der Waals surface area contributed by atoms with Gasteiger partial charge in [0, 0.05) is 6.54 Å². The second kappa shape index (κ2) is 12.5. The summed E-state index contributed by atoms with van der Waals surface area (Å²) >= 11 is 1.62. The van der Waals surface area contributed by atoms with Crippen LogP contribution in [0.2, 0.25) is 0 Å². The predicted octanol–water partition coefficient (Wildman–Crippen LogP) is 5.70. The van der Waals surface area contributed by atoms with Crippen molar-refractivity contribution in [3.05, 3.63) is 58.9 Å². The van der Waals surface area contributed by atoms with Crippen LogP contribution in [-0.2, 0) is 28.8 Å². The van der Waals surface area contributed by atoms with Gasteiger partial charge in [-0.3, -0.25) is 4.79 Å². The summed E-state index contributed by atoms with van der Waals surface area (Å²) in [6.45, 7) is 5.74. The van der Waals surface area contributed by atoms with Crippen molar-refractivity contribution >= 4 is 30.1 Å². The van der Waals surface area contributed by atoms with E-state index in [1.807, 2.05) is 38.3 Å². The Morgan fingerprint density at radius 3 is 2.69 bits per heavy atom. The Balaban J connectivity index is 0.00000361. The number of carbonyl (C=O) groups excluding carboxylic acids is 1. The summed E-state index contributed by atoms with van der Waals surface area (Å²) in [6.07, 6.45) is 5.86. The highest BCUT2D eigenvalue weighted by Gasteiger charge is 2.47. The highest BCUT2D eigenvalue weighted by Crippen LogP contribution is 2.44. The summed E-state index contributed by atoms with van der Waals surface area (Å²) in [7, 11) is 2.10. The van der Waals surface area contributed by atoms with Gasteiger partial charge >= 0.3 is 5.97 Å². The van der Waals surface area contributed by atoms with Crippen LogP contribution in [0.15, 0.2) is 36.4 Å². The van der Waals surface area contributed by atoms with Crippen LogP contribution in [0.4, 0.5) is 4.39 Å². The summed E-state index contributed by atoms with van der Waals surface area (Å²) in [5.41, 5.74) is 3.41. The van der Waals surface area contributed by atoms with Crippen LogP contribution in [0.3, 0.4) is 0 Å². The molecule has 198 valence electrons. The first-order chi connectivity index (χ1) is 16.8. The maximum atomic E-state index is 13.7. The number of nitrogens with zero attached hydrogens (tertiary/aromatic N) is 1. The standard InChI is InChI=1S/C28H36FNO4S.ClH/c1-19(2)34-27(31)28(35-4,23-8-6-22-17-24(29)9-7-21(22)16-23)12-14-30(3)13-11-20-5-10-25-26(15-20)33-18-32-25;/h5,7,9-10,15,17,19,23H,6,8,11-14,16,18H2,1-4H3;1H/t23?,28-;/m1./s1. The molecule has 4 rings (SSSR count). The maximum absolute atomic E-state index is 13.7. The van der Waals surface area contributed by atoms with Gasteiger partial charge in [0.1, 0.15) is 10.6 Å². The minimum atomic E-state index is -0.636. The first-order valence-electron chi connectivity index (χ1n) is 12.4. The molecule has 1 unspecified atom stereocenters. The van der Waals surface area contributed by atoms with E-state index in [0.29, 0.717) is 6.42 Å². The Morgan fingerprint density at radius 1 is 1.17 bits per heavy atom. The van der Waals surface area contributed by atoms with Gasteiger partial charge in [-0.2, -0.15) is 0 Å². The number of benzene rings is 2. The van der Waals surface area contributed by atoms with Crippen molar-refractivity contribution in [1.29, 1.82) is 0 Å². The number of esters is 1. The second-order valence-corrected chi connectivity index (χ2v) is 11.0. The van der Waals surface area contributed by atoms with Crippen LogP contribution in [-0.4, -0.2) is 54.9 Å². The molecule has 2 aliphatic rings. The molecular formula is C28H37ClFNO4S. The van der Waals surface area contributed by atoms with Crippen molar-refractivity contribution in [1.82, 2.24) is 4.90 Å². The van der Waals surface area contributed by atoms with Crippen molar-refractivity contribution in [3.8, 4) is 11.5 Å². The Labute approximate surface area is 224 Å². The predicted molar refractivity (Wildman–Crippen MR) is 145 cm³/mol. The summed E-state index contributed by atoms with van der Waals surface area (Å²) < 4.78 is 29.8. The molecule has 1 heterocycles. The smallest absolute Gasteiger partial charge is 0.322 e. The Hall–Kier alpha value is -1.96. The fraction of sp³-hybridized carbons (Fsp3) is 0.536. The molecule has 5 nitrogen and oxygen atoms in total. The molecule has 0 aromatic heterocycles. The molecule has 1 aliphatic heterocycles.